The fourth-order valence-electron chi connectivity index (χ4n) is 2.06. The van der Waals surface area contributed by atoms with Gasteiger partial charge in [0.05, 0.1) is 18.1 Å². The summed E-state index contributed by atoms with van der Waals surface area (Å²) in [6.07, 6.45) is 0. The van der Waals surface area contributed by atoms with Crippen LogP contribution < -0.4 is 10.6 Å². The van der Waals surface area contributed by atoms with Crippen LogP contribution in [0.2, 0.25) is 5.02 Å². The predicted molar refractivity (Wildman–Crippen MR) is 89.6 cm³/mol. The van der Waals surface area contributed by atoms with Gasteiger partial charge < -0.3 is 15.4 Å². The van der Waals surface area contributed by atoms with Crippen molar-refractivity contribution in [1.29, 1.82) is 0 Å². The van der Waals surface area contributed by atoms with Gasteiger partial charge in [0, 0.05) is 37.9 Å². The van der Waals surface area contributed by atoms with E-state index in [4.69, 9.17) is 28.6 Å². The molecule has 0 aliphatic carbocycles. The minimum atomic E-state index is -0.525. The molecule has 1 aliphatic rings. The number of anilines is 1. The zero-order valence-corrected chi connectivity index (χ0v) is 13.5. The molecule has 1 fully saturated rings. The summed E-state index contributed by atoms with van der Waals surface area (Å²) in [6.45, 7) is 4.93. The monoisotopic (exact) mass is 344 g/mol. The highest BCUT2D eigenvalue weighted by molar-refractivity contribution is 7.80. The Balaban J connectivity index is 1.79. The lowest BCUT2D eigenvalue weighted by molar-refractivity contribution is -0.384. The molecule has 1 aliphatic heterocycles. The summed E-state index contributed by atoms with van der Waals surface area (Å²) in [5.74, 6) is 0. The molecule has 0 amide bonds. The minimum Gasteiger partial charge on any atom is -0.379 e. The summed E-state index contributed by atoms with van der Waals surface area (Å²) >= 11 is 10.9. The molecule has 120 valence electrons. The standard InChI is InChI=1S/C13H17ClN4O3S/c14-11-2-1-10(9-12(11)18(19)20)16-13(22)15-3-4-17-5-7-21-8-6-17/h1-2,9H,3-8H2,(H2,15,16,22). The molecule has 0 unspecified atom stereocenters. The van der Waals surface area contributed by atoms with Crippen LogP contribution in [0.25, 0.3) is 0 Å². The van der Waals surface area contributed by atoms with Gasteiger partial charge in [-0.25, -0.2) is 0 Å². The molecule has 1 aromatic rings. The Hall–Kier alpha value is -1.48. The van der Waals surface area contributed by atoms with E-state index in [9.17, 15) is 10.1 Å². The van der Waals surface area contributed by atoms with E-state index in [1.807, 2.05) is 0 Å². The molecule has 0 aromatic heterocycles. The number of benzene rings is 1. The summed E-state index contributed by atoms with van der Waals surface area (Å²) in [4.78, 5) is 12.6. The lowest BCUT2D eigenvalue weighted by Gasteiger charge is -2.26. The van der Waals surface area contributed by atoms with Crippen molar-refractivity contribution in [3.05, 3.63) is 33.3 Å². The topological polar surface area (TPSA) is 79.7 Å². The molecule has 0 bridgehead atoms. The molecule has 22 heavy (non-hydrogen) atoms. The van der Waals surface area contributed by atoms with E-state index < -0.39 is 4.92 Å². The van der Waals surface area contributed by atoms with Gasteiger partial charge in [0.1, 0.15) is 5.02 Å². The quantitative estimate of drug-likeness (QED) is 0.479. The third-order valence-electron chi connectivity index (χ3n) is 3.22. The molecule has 2 rings (SSSR count). The summed E-state index contributed by atoms with van der Waals surface area (Å²) < 4.78 is 5.28. The smallest absolute Gasteiger partial charge is 0.289 e. The zero-order chi connectivity index (χ0) is 15.9. The van der Waals surface area contributed by atoms with Gasteiger partial charge in [0.2, 0.25) is 0 Å². The highest BCUT2D eigenvalue weighted by Crippen LogP contribution is 2.27. The van der Waals surface area contributed by atoms with E-state index >= 15 is 0 Å². The van der Waals surface area contributed by atoms with Gasteiger partial charge in [0.15, 0.2) is 5.11 Å². The van der Waals surface area contributed by atoms with Crippen molar-refractivity contribution in [1.82, 2.24) is 10.2 Å². The Morgan fingerprint density at radius 2 is 2.18 bits per heavy atom. The molecule has 0 radical (unpaired) electrons. The van der Waals surface area contributed by atoms with Crippen molar-refractivity contribution < 1.29 is 9.66 Å². The van der Waals surface area contributed by atoms with Crippen molar-refractivity contribution in [2.45, 2.75) is 0 Å². The molecule has 2 N–H and O–H groups in total. The zero-order valence-electron chi connectivity index (χ0n) is 11.9. The molecule has 7 nitrogen and oxygen atoms in total. The first kappa shape index (κ1) is 16.9. The van der Waals surface area contributed by atoms with Crippen LogP contribution in [0.15, 0.2) is 18.2 Å². The van der Waals surface area contributed by atoms with Crippen LogP contribution in [-0.2, 0) is 4.74 Å². The Kier molecular flexibility index (Phi) is 6.32. The second-order valence-electron chi connectivity index (χ2n) is 4.76. The number of nitrogens with zero attached hydrogens (tertiary/aromatic N) is 2. The largest absolute Gasteiger partial charge is 0.379 e. The summed E-state index contributed by atoms with van der Waals surface area (Å²) in [6, 6.07) is 4.47. The molecule has 9 heteroatoms. The molecular formula is C13H17ClN4O3S. The number of nitrogens with one attached hydrogen (secondary N) is 2. The van der Waals surface area contributed by atoms with Gasteiger partial charge in [0.25, 0.3) is 5.69 Å². The molecule has 1 aromatic carbocycles. The number of hydrogen-bond acceptors (Lipinski definition) is 5. The summed E-state index contributed by atoms with van der Waals surface area (Å²) in [7, 11) is 0. The second-order valence-corrected chi connectivity index (χ2v) is 5.57. The summed E-state index contributed by atoms with van der Waals surface area (Å²) in [5.41, 5.74) is 0.378. The number of thiocarbonyl (C=S) groups is 1. The molecule has 0 spiro atoms. The SMILES string of the molecule is O=[N+]([O-])c1cc(NC(=S)NCCN2CCOCC2)ccc1Cl. The molecule has 0 atom stereocenters. The first-order valence-electron chi connectivity index (χ1n) is 6.85. The minimum absolute atomic E-state index is 0.0988. The van der Waals surface area contributed by atoms with Crippen LogP contribution >= 0.6 is 23.8 Å². The maximum absolute atomic E-state index is 10.8. The van der Waals surface area contributed by atoms with Crippen molar-refractivity contribution in [3.63, 3.8) is 0 Å². The maximum Gasteiger partial charge on any atom is 0.289 e. The fourth-order valence-corrected chi connectivity index (χ4v) is 2.46. The van der Waals surface area contributed by atoms with E-state index in [2.05, 4.69) is 15.5 Å². The molecule has 1 heterocycles. The lowest BCUT2D eigenvalue weighted by atomic mass is 10.3. The van der Waals surface area contributed by atoms with Crippen molar-refractivity contribution in [3.8, 4) is 0 Å². The van der Waals surface area contributed by atoms with Crippen molar-refractivity contribution in [2.24, 2.45) is 0 Å². The first-order valence-corrected chi connectivity index (χ1v) is 7.64. The van der Waals surface area contributed by atoms with Crippen molar-refractivity contribution in [2.75, 3.05) is 44.7 Å². The highest BCUT2D eigenvalue weighted by Gasteiger charge is 2.13. The third kappa shape index (κ3) is 5.06. The number of rotatable bonds is 5. The molecular weight excluding hydrogens is 328 g/mol. The van der Waals surface area contributed by atoms with Crippen LogP contribution in [0, 0.1) is 10.1 Å². The van der Waals surface area contributed by atoms with E-state index in [0.717, 1.165) is 32.8 Å². The van der Waals surface area contributed by atoms with Gasteiger partial charge >= 0.3 is 0 Å². The number of nitro benzene ring substituents is 1. The Morgan fingerprint density at radius 1 is 1.45 bits per heavy atom. The fraction of sp³-hybridized carbons (Fsp3) is 0.462. The number of morpholine rings is 1. The maximum atomic E-state index is 10.8. The predicted octanol–water partition coefficient (Wildman–Crippen LogP) is 1.87. The first-order chi connectivity index (χ1) is 10.6. The van der Waals surface area contributed by atoms with E-state index in [0.29, 0.717) is 17.3 Å². The lowest BCUT2D eigenvalue weighted by Crippen LogP contribution is -2.42. The summed E-state index contributed by atoms with van der Waals surface area (Å²) in [5, 5.41) is 17.3. The third-order valence-corrected chi connectivity index (χ3v) is 3.78. The average molecular weight is 345 g/mol. The molecule has 0 saturated carbocycles. The van der Waals surface area contributed by atoms with Gasteiger partial charge in [-0.1, -0.05) is 11.6 Å². The number of nitro groups is 1. The number of halogens is 1. The van der Waals surface area contributed by atoms with Crippen LogP contribution in [0.4, 0.5) is 11.4 Å². The van der Waals surface area contributed by atoms with Gasteiger partial charge in [-0.15, -0.1) is 0 Å². The number of ether oxygens (including phenoxy) is 1. The van der Waals surface area contributed by atoms with E-state index in [1.54, 1.807) is 6.07 Å². The van der Waals surface area contributed by atoms with Gasteiger partial charge in [-0.05, 0) is 24.4 Å². The second kappa shape index (κ2) is 8.23. The van der Waals surface area contributed by atoms with E-state index in [1.165, 1.54) is 12.1 Å². The van der Waals surface area contributed by atoms with Gasteiger partial charge in [-0.2, -0.15) is 0 Å². The van der Waals surface area contributed by atoms with Gasteiger partial charge in [-0.3, -0.25) is 15.0 Å². The number of hydrogen-bond donors (Lipinski definition) is 2. The Bertz CT molecular complexity index is 552. The van der Waals surface area contributed by atoms with Crippen LogP contribution in [0.5, 0.6) is 0 Å². The van der Waals surface area contributed by atoms with Crippen LogP contribution in [0.1, 0.15) is 0 Å². The van der Waals surface area contributed by atoms with Crippen LogP contribution in [0.3, 0.4) is 0 Å². The Labute approximate surface area is 138 Å². The van der Waals surface area contributed by atoms with E-state index in [-0.39, 0.29) is 10.7 Å². The Morgan fingerprint density at radius 3 is 2.86 bits per heavy atom. The normalized spacial score (nSPS) is 15.3. The van der Waals surface area contributed by atoms with Crippen LogP contribution in [-0.4, -0.2) is 54.3 Å². The van der Waals surface area contributed by atoms with Crippen molar-refractivity contribution >= 4 is 40.3 Å². The average Bonchev–Trinajstić information content (AvgIpc) is 2.50. The molecule has 1 saturated heterocycles. The highest BCUT2D eigenvalue weighted by atomic mass is 35.5.